The lowest BCUT2D eigenvalue weighted by molar-refractivity contribution is 0.180. The van der Waals surface area contributed by atoms with Crippen molar-refractivity contribution in [1.29, 1.82) is 0 Å². The molecule has 15 heavy (non-hydrogen) atoms. The third-order valence-corrected chi connectivity index (χ3v) is 2.33. The first-order chi connectivity index (χ1) is 6.92. The van der Waals surface area contributed by atoms with Crippen LogP contribution < -0.4 is 0 Å². The van der Waals surface area contributed by atoms with E-state index in [9.17, 15) is 12.8 Å². The molecular formula is C9H11FO4S. The molecule has 1 atom stereocenters. The van der Waals surface area contributed by atoms with Crippen molar-refractivity contribution >= 4 is 10.4 Å². The Morgan fingerprint density at radius 3 is 2.33 bits per heavy atom. The monoisotopic (exact) mass is 234 g/mol. The first-order valence-electron chi connectivity index (χ1n) is 4.33. The van der Waals surface area contributed by atoms with E-state index in [1.54, 1.807) is 6.92 Å². The van der Waals surface area contributed by atoms with Crippen LogP contribution in [-0.2, 0) is 14.6 Å². The van der Waals surface area contributed by atoms with Gasteiger partial charge in [0.25, 0.3) is 0 Å². The number of hydrogen-bond donors (Lipinski definition) is 1. The summed E-state index contributed by atoms with van der Waals surface area (Å²) in [4.78, 5) is 0. The summed E-state index contributed by atoms with van der Waals surface area (Å²) in [7, 11) is -4.49. The molecule has 0 saturated carbocycles. The Kier molecular flexibility index (Phi) is 3.78. The number of rotatable bonds is 4. The van der Waals surface area contributed by atoms with Crippen molar-refractivity contribution in [3.05, 3.63) is 35.6 Å². The Balaban J connectivity index is 2.88. The quantitative estimate of drug-likeness (QED) is 0.810. The summed E-state index contributed by atoms with van der Waals surface area (Å²) in [5, 5.41) is 0. The van der Waals surface area contributed by atoms with E-state index in [-0.39, 0.29) is 0 Å². The zero-order valence-electron chi connectivity index (χ0n) is 8.05. The fourth-order valence-electron chi connectivity index (χ4n) is 1.18. The van der Waals surface area contributed by atoms with Gasteiger partial charge in [0.05, 0.1) is 0 Å². The van der Waals surface area contributed by atoms with Crippen molar-refractivity contribution in [2.45, 2.75) is 19.4 Å². The molecule has 0 fully saturated rings. The van der Waals surface area contributed by atoms with Crippen LogP contribution in [0.3, 0.4) is 0 Å². The molecule has 1 aromatic rings. The second kappa shape index (κ2) is 4.69. The lowest BCUT2D eigenvalue weighted by atomic mass is 10.1. The maximum absolute atomic E-state index is 12.6. The molecule has 0 amide bonds. The summed E-state index contributed by atoms with van der Waals surface area (Å²) in [6.07, 6.45) is -0.439. The van der Waals surface area contributed by atoms with Gasteiger partial charge in [-0.05, 0) is 24.1 Å². The molecule has 0 aromatic heterocycles. The molecule has 1 unspecified atom stereocenters. The number of halogens is 1. The highest BCUT2D eigenvalue weighted by atomic mass is 32.3. The minimum atomic E-state index is -4.49. The zero-order valence-corrected chi connectivity index (χ0v) is 8.87. The molecule has 1 rings (SSSR count). The Morgan fingerprint density at radius 1 is 1.40 bits per heavy atom. The predicted molar refractivity (Wildman–Crippen MR) is 52.1 cm³/mol. The maximum Gasteiger partial charge on any atom is 0.397 e. The number of benzene rings is 1. The molecule has 0 bridgehead atoms. The van der Waals surface area contributed by atoms with Gasteiger partial charge in [-0.15, -0.1) is 0 Å². The fraction of sp³-hybridized carbons (Fsp3) is 0.333. The SMILES string of the molecule is CCC(OS(=O)(=O)O)c1ccc(F)cc1. The van der Waals surface area contributed by atoms with Crippen LogP contribution in [0.5, 0.6) is 0 Å². The first-order valence-corrected chi connectivity index (χ1v) is 5.70. The van der Waals surface area contributed by atoms with E-state index in [0.29, 0.717) is 12.0 Å². The van der Waals surface area contributed by atoms with Crippen LogP contribution in [0.4, 0.5) is 4.39 Å². The van der Waals surface area contributed by atoms with Crippen molar-refractivity contribution in [2.24, 2.45) is 0 Å². The summed E-state index contributed by atoms with van der Waals surface area (Å²) >= 11 is 0. The predicted octanol–water partition coefficient (Wildman–Crippen LogP) is 2.10. The lowest BCUT2D eigenvalue weighted by Crippen LogP contribution is -2.10. The van der Waals surface area contributed by atoms with Crippen LogP contribution in [0.15, 0.2) is 24.3 Å². The molecule has 0 aliphatic carbocycles. The van der Waals surface area contributed by atoms with Crippen LogP contribution >= 0.6 is 0 Å². The van der Waals surface area contributed by atoms with Crippen LogP contribution in [0.1, 0.15) is 25.0 Å². The summed E-state index contributed by atoms with van der Waals surface area (Å²) in [5.41, 5.74) is 0.497. The van der Waals surface area contributed by atoms with Crippen molar-refractivity contribution in [3.63, 3.8) is 0 Å². The Labute approximate surface area is 87.6 Å². The van der Waals surface area contributed by atoms with E-state index < -0.39 is 22.3 Å². The van der Waals surface area contributed by atoms with Crippen LogP contribution in [0.2, 0.25) is 0 Å². The van der Waals surface area contributed by atoms with Gasteiger partial charge in [-0.25, -0.2) is 8.57 Å². The first kappa shape index (κ1) is 12.1. The van der Waals surface area contributed by atoms with E-state index in [1.165, 1.54) is 24.3 Å². The Hall–Kier alpha value is -0.980. The number of hydrogen-bond acceptors (Lipinski definition) is 3. The smallest absolute Gasteiger partial charge is 0.264 e. The van der Waals surface area contributed by atoms with Crippen molar-refractivity contribution in [2.75, 3.05) is 0 Å². The highest BCUT2D eigenvalue weighted by molar-refractivity contribution is 7.80. The second-order valence-corrected chi connectivity index (χ2v) is 4.02. The third kappa shape index (κ3) is 3.94. The molecule has 0 heterocycles. The van der Waals surface area contributed by atoms with Gasteiger partial charge >= 0.3 is 10.4 Å². The van der Waals surface area contributed by atoms with Gasteiger partial charge in [0.2, 0.25) is 0 Å². The van der Waals surface area contributed by atoms with E-state index >= 15 is 0 Å². The van der Waals surface area contributed by atoms with Crippen LogP contribution in [0.25, 0.3) is 0 Å². The van der Waals surface area contributed by atoms with E-state index in [0.717, 1.165) is 0 Å². The van der Waals surface area contributed by atoms with Gasteiger partial charge in [-0.2, -0.15) is 8.42 Å². The van der Waals surface area contributed by atoms with Gasteiger partial charge in [0, 0.05) is 0 Å². The summed E-state index contributed by atoms with van der Waals surface area (Å²) in [5.74, 6) is -0.416. The maximum atomic E-state index is 12.6. The van der Waals surface area contributed by atoms with Gasteiger partial charge in [-0.1, -0.05) is 19.1 Å². The highest BCUT2D eigenvalue weighted by Crippen LogP contribution is 2.22. The minimum absolute atomic E-state index is 0.353. The van der Waals surface area contributed by atoms with Crippen molar-refractivity contribution < 1.29 is 21.5 Å². The largest absolute Gasteiger partial charge is 0.397 e. The molecule has 0 radical (unpaired) electrons. The third-order valence-electron chi connectivity index (χ3n) is 1.85. The lowest BCUT2D eigenvalue weighted by Gasteiger charge is -2.13. The Bertz CT molecular complexity index is 412. The molecular weight excluding hydrogens is 223 g/mol. The van der Waals surface area contributed by atoms with Gasteiger partial charge in [-0.3, -0.25) is 4.55 Å². The zero-order chi connectivity index (χ0) is 11.5. The highest BCUT2D eigenvalue weighted by Gasteiger charge is 2.17. The van der Waals surface area contributed by atoms with E-state index in [4.69, 9.17) is 4.55 Å². The molecule has 0 aliphatic heterocycles. The molecule has 1 aromatic carbocycles. The minimum Gasteiger partial charge on any atom is -0.264 e. The van der Waals surface area contributed by atoms with Crippen molar-refractivity contribution in [1.82, 2.24) is 0 Å². The molecule has 0 saturated heterocycles. The van der Waals surface area contributed by atoms with Crippen LogP contribution in [-0.4, -0.2) is 13.0 Å². The molecule has 0 spiro atoms. The standard InChI is InChI=1S/C9H11FO4S/c1-2-9(14-15(11,12)13)7-3-5-8(10)6-4-7/h3-6,9H,2H2,1H3,(H,11,12,13). The molecule has 4 nitrogen and oxygen atoms in total. The average molecular weight is 234 g/mol. The van der Waals surface area contributed by atoms with Crippen molar-refractivity contribution in [3.8, 4) is 0 Å². The molecule has 0 aliphatic rings. The van der Waals surface area contributed by atoms with E-state index in [2.05, 4.69) is 4.18 Å². The summed E-state index contributed by atoms with van der Waals surface area (Å²) in [6.45, 7) is 1.69. The average Bonchev–Trinajstić information content (AvgIpc) is 2.14. The van der Waals surface area contributed by atoms with Gasteiger partial charge in [0.1, 0.15) is 11.9 Å². The molecule has 6 heteroatoms. The van der Waals surface area contributed by atoms with Gasteiger partial charge in [0.15, 0.2) is 0 Å². The van der Waals surface area contributed by atoms with E-state index in [1.807, 2.05) is 0 Å². The fourth-order valence-corrected chi connectivity index (χ4v) is 1.72. The normalized spacial score (nSPS) is 13.8. The van der Waals surface area contributed by atoms with Crippen LogP contribution in [0, 0.1) is 5.82 Å². The Morgan fingerprint density at radius 2 is 1.93 bits per heavy atom. The molecule has 84 valence electrons. The topological polar surface area (TPSA) is 63.6 Å². The second-order valence-electron chi connectivity index (χ2n) is 2.97. The summed E-state index contributed by atoms with van der Waals surface area (Å²) < 4.78 is 46.5. The molecule has 1 N–H and O–H groups in total. The van der Waals surface area contributed by atoms with Gasteiger partial charge < -0.3 is 0 Å². The summed E-state index contributed by atoms with van der Waals surface area (Å²) in [6, 6.07) is 5.22.